The number of anilines is 2. The second-order valence-corrected chi connectivity index (χ2v) is 4.98. The summed E-state index contributed by atoms with van der Waals surface area (Å²) in [4.78, 5) is 11.3. The lowest BCUT2D eigenvalue weighted by Crippen LogP contribution is -2.34. The number of benzene rings is 1. The van der Waals surface area contributed by atoms with Crippen molar-refractivity contribution in [1.29, 1.82) is 0 Å². The van der Waals surface area contributed by atoms with Gasteiger partial charge in [-0.3, -0.25) is 0 Å². The van der Waals surface area contributed by atoms with Crippen molar-refractivity contribution in [3.05, 3.63) is 24.3 Å². The molecule has 1 aromatic rings. The normalized spacial score (nSPS) is 10.8. The van der Waals surface area contributed by atoms with Crippen LogP contribution >= 0.6 is 0 Å². The molecule has 0 saturated carbocycles. The summed E-state index contributed by atoms with van der Waals surface area (Å²) >= 11 is 0. The molecule has 0 aliphatic carbocycles. The van der Waals surface area contributed by atoms with Crippen LogP contribution in [0.25, 0.3) is 0 Å². The van der Waals surface area contributed by atoms with E-state index >= 15 is 0 Å². The van der Waals surface area contributed by atoms with Crippen LogP contribution in [0.3, 0.4) is 0 Å². The fraction of sp³-hybridized carbons (Fsp3) is 0.462. The third kappa shape index (κ3) is 5.98. The summed E-state index contributed by atoms with van der Waals surface area (Å²) in [5.74, 6) is 0. The predicted octanol–water partition coefficient (Wildman–Crippen LogP) is 2.21. The first kappa shape index (κ1) is 14.2. The first-order valence-electron chi connectivity index (χ1n) is 5.93. The zero-order valence-electron chi connectivity index (χ0n) is 11.1. The maximum Gasteiger partial charge on any atom is 0.407 e. The van der Waals surface area contributed by atoms with Gasteiger partial charge in [0.15, 0.2) is 0 Å². The largest absolute Gasteiger partial charge is 0.444 e. The molecule has 1 rings (SSSR count). The highest BCUT2D eigenvalue weighted by Crippen LogP contribution is 2.11. The van der Waals surface area contributed by atoms with Gasteiger partial charge in [-0.15, -0.1) is 0 Å². The number of nitrogen functional groups attached to an aromatic ring is 1. The Morgan fingerprint density at radius 3 is 2.67 bits per heavy atom. The van der Waals surface area contributed by atoms with E-state index < -0.39 is 11.7 Å². The first-order chi connectivity index (χ1) is 8.37. The number of ether oxygens (including phenoxy) is 1. The molecule has 0 aliphatic heterocycles. The van der Waals surface area contributed by atoms with Gasteiger partial charge in [0.2, 0.25) is 0 Å². The molecule has 0 aromatic heterocycles. The lowest BCUT2D eigenvalue weighted by molar-refractivity contribution is 0.0530. The second-order valence-electron chi connectivity index (χ2n) is 4.98. The highest BCUT2D eigenvalue weighted by molar-refractivity contribution is 5.67. The van der Waals surface area contributed by atoms with Gasteiger partial charge >= 0.3 is 6.09 Å². The summed E-state index contributed by atoms with van der Waals surface area (Å²) in [6.07, 6.45) is -0.406. The second kappa shape index (κ2) is 6.14. The van der Waals surface area contributed by atoms with Gasteiger partial charge in [0, 0.05) is 24.5 Å². The lowest BCUT2D eigenvalue weighted by atomic mass is 10.2. The summed E-state index contributed by atoms with van der Waals surface area (Å²) < 4.78 is 5.11. The van der Waals surface area contributed by atoms with Crippen molar-refractivity contribution in [1.82, 2.24) is 5.32 Å². The maximum absolute atomic E-state index is 11.3. The highest BCUT2D eigenvalue weighted by atomic mass is 16.6. The summed E-state index contributed by atoms with van der Waals surface area (Å²) in [6, 6.07) is 7.46. The van der Waals surface area contributed by atoms with Crippen LogP contribution in [0.15, 0.2) is 24.3 Å². The van der Waals surface area contributed by atoms with Crippen molar-refractivity contribution in [2.75, 3.05) is 24.1 Å². The number of hydrogen-bond donors (Lipinski definition) is 3. The summed E-state index contributed by atoms with van der Waals surface area (Å²) in [5, 5.41) is 5.82. The first-order valence-corrected chi connectivity index (χ1v) is 5.93. The van der Waals surface area contributed by atoms with E-state index in [2.05, 4.69) is 10.6 Å². The van der Waals surface area contributed by atoms with E-state index in [-0.39, 0.29) is 0 Å². The molecule has 0 aliphatic rings. The number of carbonyl (C=O) groups is 1. The van der Waals surface area contributed by atoms with E-state index in [0.717, 1.165) is 5.69 Å². The molecule has 5 heteroatoms. The van der Waals surface area contributed by atoms with Gasteiger partial charge in [0.1, 0.15) is 5.60 Å². The quantitative estimate of drug-likeness (QED) is 0.566. The monoisotopic (exact) mass is 251 g/mol. The van der Waals surface area contributed by atoms with Crippen molar-refractivity contribution in [3.8, 4) is 0 Å². The number of alkyl carbamates (subject to hydrolysis) is 1. The Labute approximate surface area is 108 Å². The molecule has 1 aromatic carbocycles. The minimum atomic E-state index is -0.467. The van der Waals surface area contributed by atoms with Crippen molar-refractivity contribution < 1.29 is 9.53 Å². The van der Waals surface area contributed by atoms with Gasteiger partial charge in [-0.25, -0.2) is 4.79 Å². The molecule has 18 heavy (non-hydrogen) atoms. The minimum Gasteiger partial charge on any atom is -0.444 e. The fourth-order valence-electron chi connectivity index (χ4n) is 1.33. The molecular formula is C13H21N3O2. The van der Waals surface area contributed by atoms with Crippen LogP contribution in [0.4, 0.5) is 16.2 Å². The van der Waals surface area contributed by atoms with Gasteiger partial charge in [-0.1, -0.05) is 6.07 Å². The van der Waals surface area contributed by atoms with E-state index in [0.29, 0.717) is 18.8 Å². The number of amides is 1. The molecule has 1 amide bonds. The molecule has 0 atom stereocenters. The van der Waals surface area contributed by atoms with Gasteiger partial charge in [-0.2, -0.15) is 0 Å². The summed E-state index contributed by atoms with van der Waals surface area (Å²) in [5.41, 5.74) is 6.82. The molecular weight excluding hydrogens is 230 g/mol. The molecule has 0 heterocycles. The van der Waals surface area contributed by atoms with Crippen LogP contribution in [0.1, 0.15) is 20.8 Å². The van der Waals surface area contributed by atoms with Gasteiger partial charge in [0.25, 0.3) is 0 Å². The van der Waals surface area contributed by atoms with E-state index in [9.17, 15) is 4.79 Å². The van der Waals surface area contributed by atoms with Crippen LogP contribution < -0.4 is 16.4 Å². The number of carbonyl (C=O) groups excluding carboxylic acids is 1. The van der Waals surface area contributed by atoms with Crippen LogP contribution in [0.5, 0.6) is 0 Å². The predicted molar refractivity (Wildman–Crippen MR) is 73.6 cm³/mol. The molecule has 0 bridgehead atoms. The Bertz CT molecular complexity index is 399. The molecule has 4 N–H and O–H groups in total. The van der Waals surface area contributed by atoms with Crippen molar-refractivity contribution in [3.63, 3.8) is 0 Å². The zero-order chi connectivity index (χ0) is 13.6. The molecule has 100 valence electrons. The Hall–Kier alpha value is -1.91. The number of hydrogen-bond acceptors (Lipinski definition) is 4. The van der Waals surface area contributed by atoms with Gasteiger partial charge < -0.3 is 21.1 Å². The summed E-state index contributed by atoms with van der Waals surface area (Å²) in [7, 11) is 0. The number of nitrogens with one attached hydrogen (secondary N) is 2. The Morgan fingerprint density at radius 2 is 2.06 bits per heavy atom. The van der Waals surface area contributed by atoms with Gasteiger partial charge in [0.05, 0.1) is 0 Å². The molecule has 0 spiro atoms. The van der Waals surface area contributed by atoms with Crippen LogP contribution in [-0.2, 0) is 4.74 Å². The Kier molecular flexibility index (Phi) is 4.83. The van der Waals surface area contributed by atoms with E-state index in [1.807, 2.05) is 45.0 Å². The van der Waals surface area contributed by atoms with Crippen LogP contribution in [-0.4, -0.2) is 24.8 Å². The minimum absolute atomic E-state index is 0.406. The standard InChI is InChI=1S/C13H21N3O2/c1-13(2,3)18-12(17)16-8-7-15-11-6-4-5-10(14)9-11/h4-6,9,15H,7-8,14H2,1-3H3,(H,16,17). The zero-order valence-corrected chi connectivity index (χ0v) is 11.1. The third-order valence-electron chi connectivity index (χ3n) is 2.01. The Morgan fingerprint density at radius 1 is 1.33 bits per heavy atom. The van der Waals surface area contributed by atoms with Crippen molar-refractivity contribution in [2.24, 2.45) is 0 Å². The van der Waals surface area contributed by atoms with E-state index in [1.165, 1.54) is 0 Å². The van der Waals surface area contributed by atoms with Crippen LogP contribution in [0.2, 0.25) is 0 Å². The van der Waals surface area contributed by atoms with E-state index in [4.69, 9.17) is 10.5 Å². The molecule has 0 fully saturated rings. The molecule has 0 saturated heterocycles. The average molecular weight is 251 g/mol. The highest BCUT2D eigenvalue weighted by Gasteiger charge is 2.15. The molecule has 0 radical (unpaired) electrons. The van der Waals surface area contributed by atoms with Gasteiger partial charge in [-0.05, 0) is 39.0 Å². The summed E-state index contributed by atoms with van der Waals surface area (Å²) in [6.45, 7) is 6.60. The molecule has 0 unspecified atom stereocenters. The SMILES string of the molecule is CC(C)(C)OC(=O)NCCNc1cccc(N)c1. The maximum atomic E-state index is 11.3. The van der Waals surface area contributed by atoms with Crippen LogP contribution in [0, 0.1) is 0 Å². The average Bonchev–Trinajstić information content (AvgIpc) is 2.22. The fourth-order valence-corrected chi connectivity index (χ4v) is 1.33. The molecule has 5 nitrogen and oxygen atoms in total. The van der Waals surface area contributed by atoms with Crippen molar-refractivity contribution in [2.45, 2.75) is 26.4 Å². The number of rotatable bonds is 4. The van der Waals surface area contributed by atoms with E-state index in [1.54, 1.807) is 0 Å². The van der Waals surface area contributed by atoms with Crippen molar-refractivity contribution >= 4 is 17.5 Å². The smallest absolute Gasteiger partial charge is 0.407 e. The number of nitrogens with two attached hydrogens (primary N) is 1. The Balaban J connectivity index is 2.21. The third-order valence-corrected chi connectivity index (χ3v) is 2.01. The topological polar surface area (TPSA) is 76.4 Å². The lowest BCUT2D eigenvalue weighted by Gasteiger charge is -2.19.